The molecule has 4 rings (SSSR count). The minimum absolute atomic E-state index is 0.0300. The van der Waals surface area contributed by atoms with E-state index in [0.717, 1.165) is 13.0 Å². The Labute approximate surface area is 202 Å². The Kier molecular flexibility index (Phi) is 6.82. The SMILES string of the molecule is CC(=O)OCC(=O)OCC1C[C@@H](c2ccc3cc(-c4ccccc4C(F)(F)F)[nH]c(=O)c3c2)C(=O)N1. The molecular formula is C25H21F3N2O6. The zero-order valence-electron chi connectivity index (χ0n) is 19.0. The lowest BCUT2D eigenvalue weighted by Gasteiger charge is -2.14. The van der Waals surface area contributed by atoms with E-state index in [4.69, 9.17) is 4.74 Å². The number of ether oxygens (including phenoxy) is 2. The van der Waals surface area contributed by atoms with Crippen molar-refractivity contribution < 1.29 is 37.0 Å². The molecule has 0 spiro atoms. The second-order valence-corrected chi connectivity index (χ2v) is 8.36. The van der Waals surface area contributed by atoms with Gasteiger partial charge < -0.3 is 19.8 Å². The first kappa shape index (κ1) is 25.0. The molecule has 1 fully saturated rings. The topological polar surface area (TPSA) is 115 Å². The Bertz CT molecular complexity index is 1400. The number of aromatic nitrogens is 1. The number of H-pyrrole nitrogens is 1. The highest BCUT2D eigenvalue weighted by Gasteiger charge is 2.35. The first-order valence-corrected chi connectivity index (χ1v) is 11.0. The van der Waals surface area contributed by atoms with Gasteiger partial charge in [0.05, 0.1) is 17.5 Å². The van der Waals surface area contributed by atoms with Crippen LogP contribution in [-0.2, 0) is 30.0 Å². The van der Waals surface area contributed by atoms with E-state index in [0.29, 0.717) is 17.4 Å². The van der Waals surface area contributed by atoms with Crippen LogP contribution in [-0.4, -0.2) is 42.1 Å². The van der Waals surface area contributed by atoms with Crippen molar-refractivity contribution in [1.29, 1.82) is 0 Å². The van der Waals surface area contributed by atoms with Gasteiger partial charge in [0.1, 0.15) is 6.61 Å². The van der Waals surface area contributed by atoms with E-state index in [1.807, 2.05) is 0 Å². The van der Waals surface area contributed by atoms with Crippen LogP contribution in [0.25, 0.3) is 22.0 Å². The fourth-order valence-corrected chi connectivity index (χ4v) is 4.15. The van der Waals surface area contributed by atoms with Crippen molar-refractivity contribution in [2.75, 3.05) is 13.2 Å². The van der Waals surface area contributed by atoms with Crippen molar-refractivity contribution in [3.63, 3.8) is 0 Å². The molecule has 1 aromatic heterocycles. The largest absolute Gasteiger partial charge is 0.461 e. The molecule has 2 atom stereocenters. The normalized spacial score (nSPS) is 17.6. The zero-order valence-corrected chi connectivity index (χ0v) is 19.0. The number of amides is 1. The molecule has 2 heterocycles. The Morgan fingerprint density at radius 3 is 2.53 bits per heavy atom. The fraction of sp³-hybridized carbons (Fsp3) is 0.280. The Morgan fingerprint density at radius 2 is 1.81 bits per heavy atom. The van der Waals surface area contributed by atoms with E-state index in [9.17, 15) is 32.3 Å². The molecule has 1 unspecified atom stereocenters. The lowest BCUT2D eigenvalue weighted by atomic mass is 9.93. The van der Waals surface area contributed by atoms with E-state index in [1.165, 1.54) is 30.3 Å². The van der Waals surface area contributed by atoms with Crippen LogP contribution in [0, 0.1) is 0 Å². The average Bonchev–Trinajstić information content (AvgIpc) is 3.21. The number of alkyl halides is 3. The molecule has 2 N–H and O–H groups in total. The maximum absolute atomic E-state index is 13.4. The van der Waals surface area contributed by atoms with Gasteiger partial charge in [-0.25, -0.2) is 4.79 Å². The smallest absolute Gasteiger partial charge is 0.417 e. The third-order valence-electron chi connectivity index (χ3n) is 5.82. The van der Waals surface area contributed by atoms with Crippen molar-refractivity contribution >= 4 is 28.6 Å². The number of pyridine rings is 1. The second-order valence-electron chi connectivity index (χ2n) is 8.36. The first-order chi connectivity index (χ1) is 17.0. The number of fused-ring (bicyclic) bond motifs is 1. The van der Waals surface area contributed by atoms with Crippen molar-refractivity contribution in [2.45, 2.75) is 31.5 Å². The molecule has 3 aromatic rings. The molecular weight excluding hydrogens is 481 g/mol. The quantitative estimate of drug-likeness (QED) is 0.500. The van der Waals surface area contributed by atoms with Gasteiger partial charge in [-0.3, -0.25) is 14.4 Å². The van der Waals surface area contributed by atoms with Crippen molar-refractivity contribution in [3.05, 3.63) is 70.0 Å². The Balaban J connectivity index is 1.54. The van der Waals surface area contributed by atoms with Gasteiger partial charge in [-0.1, -0.05) is 30.3 Å². The third-order valence-corrected chi connectivity index (χ3v) is 5.82. The van der Waals surface area contributed by atoms with E-state index >= 15 is 0 Å². The predicted molar refractivity (Wildman–Crippen MR) is 122 cm³/mol. The standard InChI is InChI=1S/C25H21F3N2O6/c1-13(31)35-12-22(32)36-11-16-10-19(23(33)29-16)14-6-7-15-9-21(30-24(34)18(15)8-14)17-4-2-3-5-20(17)25(26,27)28/h2-9,16,19H,10-12H2,1H3,(H,29,33)(H,30,34)/t16?,19-/m0/s1. The fourth-order valence-electron chi connectivity index (χ4n) is 4.15. The van der Waals surface area contributed by atoms with Crippen molar-refractivity contribution in [3.8, 4) is 11.3 Å². The maximum atomic E-state index is 13.4. The van der Waals surface area contributed by atoms with Gasteiger partial charge in [0, 0.05) is 23.6 Å². The number of carbonyl (C=O) groups is 3. The molecule has 2 aromatic carbocycles. The summed E-state index contributed by atoms with van der Waals surface area (Å²) < 4.78 is 49.9. The summed E-state index contributed by atoms with van der Waals surface area (Å²) >= 11 is 0. The number of rotatable bonds is 6. The number of nitrogens with one attached hydrogen (secondary N) is 2. The van der Waals surface area contributed by atoms with E-state index in [-0.39, 0.29) is 29.2 Å². The maximum Gasteiger partial charge on any atom is 0.417 e. The number of halogens is 3. The summed E-state index contributed by atoms with van der Waals surface area (Å²) in [5.41, 5.74) is -1.02. The minimum Gasteiger partial charge on any atom is -0.461 e. The summed E-state index contributed by atoms with van der Waals surface area (Å²) in [6, 6.07) is 10.7. The zero-order chi connectivity index (χ0) is 26.0. The Morgan fingerprint density at radius 1 is 1.06 bits per heavy atom. The Hall–Kier alpha value is -4.15. The molecule has 188 valence electrons. The van der Waals surface area contributed by atoms with E-state index in [1.54, 1.807) is 12.1 Å². The molecule has 0 saturated carbocycles. The highest BCUT2D eigenvalue weighted by molar-refractivity contribution is 5.90. The third kappa shape index (κ3) is 5.40. The van der Waals surface area contributed by atoms with Gasteiger partial charge in [0.2, 0.25) is 5.91 Å². The van der Waals surface area contributed by atoms with Gasteiger partial charge >= 0.3 is 18.1 Å². The van der Waals surface area contributed by atoms with Crippen molar-refractivity contribution in [2.24, 2.45) is 0 Å². The number of benzene rings is 2. The van der Waals surface area contributed by atoms with Gasteiger partial charge in [0.25, 0.3) is 5.56 Å². The van der Waals surface area contributed by atoms with Crippen LogP contribution in [0.2, 0.25) is 0 Å². The summed E-state index contributed by atoms with van der Waals surface area (Å²) in [5.74, 6) is -2.30. The predicted octanol–water partition coefficient (Wildman–Crippen LogP) is 3.29. The first-order valence-electron chi connectivity index (χ1n) is 11.0. The summed E-state index contributed by atoms with van der Waals surface area (Å²) in [6.07, 6.45) is -4.30. The van der Waals surface area contributed by atoms with Crippen LogP contribution in [0.3, 0.4) is 0 Å². The number of hydrogen-bond acceptors (Lipinski definition) is 6. The summed E-state index contributed by atoms with van der Waals surface area (Å²) in [7, 11) is 0. The van der Waals surface area contributed by atoms with Crippen molar-refractivity contribution in [1.82, 2.24) is 10.3 Å². The lowest BCUT2D eigenvalue weighted by Crippen LogP contribution is -2.31. The minimum atomic E-state index is -4.59. The van der Waals surface area contributed by atoms with Gasteiger partial charge in [-0.05, 0) is 35.6 Å². The van der Waals surface area contributed by atoms with Crippen LogP contribution >= 0.6 is 0 Å². The number of esters is 2. The molecule has 1 saturated heterocycles. The summed E-state index contributed by atoms with van der Waals surface area (Å²) in [5, 5.41) is 3.37. The number of carbonyl (C=O) groups excluding carboxylic acids is 3. The molecule has 36 heavy (non-hydrogen) atoms. The van der Waals surface area contributed by atoms with E-state index < -0.39 is 47.8 Å². The monoisotopic (exact) mass is 502 g/mol. The van der Waals surface area contributed by atoms with Crippen LogP contribution in [0.5, 0.6) is 0 Å². The molecule has 0 aliphatic carbocycles. The highest BCUT2D eigenvalue weighted by Crippen LogP contribution is 2.37. The molecule has 8 nitrogen and oxygen atoms in total. The van der Waals surface area contributed by atoms with Gasteiger partial charge in [-0.15, -0.1) is 0 Å². The van der Waals surface area contributed by atoms with Crippen LogP contribution in [0.4, 0.5) is 13.2 Å². The molecule has 1 aliphatic rings. The van der Waals surface area contributed by atoms with Gasteiger partial charge in [0.15, 0.2) is 6.61 Å². The molecule has 1 amide bonds. The molecule has 0 bridgehead atoms. The van der Waals surface area contributed by atoms with Crippen LogP contribution in [0.1, 0.15) is 30.4 Å². The second kappa shape index (κ2) is 9.84. The highest BCUT2D eigenvalue weighted by atomic mass is 19.4. The van der Waals surface area contributed by atoms with Crippen LogP contribution in [0.15, 0.2) is 53.3 Å². The molecule has 1 aliphatic heterocycles. The lowest BCUT2D eigenvalue weighted by molar-refractivity contribution is -0.158. The average molecular weight is 502 g/mol. The van der Waals surface area contributed by atoms with Gasteiger partial charge in [-0.2, -0.15) is 13.2 Å². The van der Waals surface area contributed by atoms with E-state index in [2.05, 4.69) is 15.0 Å². The summed E-state index contributed by atoms with van der Waals surface area (Å²) in [4.78, 5) is 50.2. The molecule has 11 heteroatoms. The van der Waals surface area contributed by atoms with Crippen LogP contribution < -0.4 is 10.9 Å². The molecule has 0 radical (unpaired) electrons. The number of hydrogen-bond donors (Lipinski definition) is 2. The summed E-state index contributed by atoms with van der Waals surface area (Å²) in [6.45, 7) is 0.521. The number of aromatic amines is 1.